The Hall–Kier alpha value is -1.57. The van der Waals surface area contributed by atoms with E-state index in [-0.39, 0.29) is 16.9 Å². The Morgan fingerprint density at radius 1 is 1.33 bits per heavy atom. The summed E-state index contributed by atoms with van der Waals surface area (Å²) in [6.07, 6.45) is 5.29. The normalized spacial score (nSPS) is 37.9. The van der Waals surface area contributed by atoms with Crippen LogP contribution in [0.1, 0.15) is 60.9 Å². The molecule has 0 amide bonds. The van der Waals surface area contributed by atoms with Crippen LogP contribution in [0.5, 0.6) is 5.75 Å². The molecule has 0 aromatic heterocycles. The second-order valence-electron chi connectivity index (χ2n) is 7.37. The van der Waals surface area contributed by atoms with Crippen LogP contribution in [-0.2, 0) is 0 Å². The minimum atomic E-state index is 0.204. The number of carbonyl (C=O) groups excluding carboxylic acids is 1. The van der Waals surface area contributed by atoms with Crippen molar-refractivity contribution in [3.63, 3.8) is 0 Å². The van der Waals surface area contributed by atoms with Crippen LogP contribution in [0, 0.1) is 17.3 Å². The Bertz CT molecular complexity index is 645. The number of rotatable bonds is 0. The van der Waals surface area contributed by atoms with Crippen LogP contribution >= 0.6 is 0 Å². The molecule has 0 bridgehead atoms. The van der Waals surface area contributed by atoms with Gasteiger partial charge in [-0.2, -0.15) is 0 Å². The highest BCUT2D eigenvalue weighted by Gasteiger charge is 2.53. The van der Waals surface area contributed by atoms with E-state index in [2.05, 4.69) is 13.5 Å². The van der Waals surface area contributed by atoms with E-state index in [4.69, 9.17) is 0 Å². The molecule has 21 heavy (non-hydrogen) atoms. The molecule has 3 aliphatic rings. The van der Waals surface area contributed by atoms with E-state index in [1.165, 1.54) is 24.0 Å². The zero-order valence-corrected chi connectivity index (χ0v) is 12.6. The molecular weight excluding hydrogens is 260 g/mol. The summed E-state index contributed by atoms with van der Waals surface area (Å²) >= 11 is 0. The molecule has 1 aromatic carbocycles. The lowest BCUT2D eigenvalue weighted by Crippen LogP contribution is -2.41. The maximum absolute atomic E-state index is 12.5. The van der Waals surface area contributed by atoms with Crippen molar-refractivity contribution in [3.8, 4) is 5.75 Å². The molecule has 4 atom stereocenters. The highest BCUT2D eigenvalue weighted by Crippen LogP contribution is 2.62. The molecule has 0 aliphatic heterocycles. The second kappa shape index (κ2) is 4.22. The molecule has 2 heteroatoms. The fourth-order valence-electron chi connectivity index (χ4n) is 5.30. The van der Waals surface area contributed by atoms with Crippen molar-refractivity contribution < 1.29 is 9.90 Å². The minimum Gasteiger partial charge on any atom is -0.508 e. The van der Waals surface area contributed by atoms with E-state index in [1.807, 2.05) is 6.07 Å². The van der Waals surface area contributed by atoms with Gasteiger partial charge in [-0.3, -0.25) is 4.79 Å². The van der Waals surface area contributed by atoms with E-state index in [9.17, 15) is 9.90 Å². The summed E-state index contributed by atoms with van der Waals surface area (Å²) in [5.74, 6) is 1.98. The number of benzene rings is 1. The topological polar surface area (TPSA) is 37.3 Å². The maximum atomic E-state index is 12.5. The number of aromatic hydroxyl groups is 1. The van der Waals surface area contributed by atoms with E-state index in [0.29, 0.717) is 24.2 Å². The van der Waals surface area contributed by atoms with Crippen LogP contribution in [0.15, 0.2) is 30.4 Å². The number of hydrogen-bond acceptors (Lipinski definition) is 2. The van der Waals surface area contributed by atoms with Crippen molar-refractivity contribution in [2.45, 2.75) is 44.9 Å². The number of hydrogen-bond donors (Lipinski definition) is 1. The number of Topliss-reactive ketones (excluding diaryl/α,β-unsaturated/α-hetero) is 1. The Morgan fingerprint density at radius 3 is 2.95 bits per heavy atom. The molecule has 110 valence electrons. The van der Waals surface area contributed by atoms with Crippen molar-refractivity contribution in [2.75, 3.05) is 0 Å². The van der Waals surface area contributed by atoms with Gasteiger partial charge in [0.2, 0.25) is 0 Å². The first-order valence-corrected chi connectivity index (χ1v) is 8.05. The molecule has 1 N–H and O–H groups in total. The van der Waals surface area contributed by atoms with Crippen LogP contribution in [0.25, 0.3) is 0 Å². The van der Waals surface area contributed by atoms with Crippen molar-refractivity contribution in [3.05, 3.63) is 41.5 Å². The SMILES string of the molecule is C=C1CC[C@H]2[C@@H]3CC(=O)c4cc(O)ccc4[C@H]3CC[C@]12C. The van der Waals surface area contributed by atoms with Crippen molar-refractivity contribution >= 4 is 5.78 Å². The van der Waals surface area contributed by atoms with Gasteiger partial charge in [-0.15, -0.1) is 0 Å². The zero-order chi connectivity index (χ0) is 14.8. The third-order valence-electron chi connectivity index (χ3n) is 6.55. The summed E-state index contributed by atoms with van der Waals surface area (Å²) in [5.41, 5.74) is 3.58. The minimum absolute atomic E-state index is 0.204. The van der Waals surface area contributed by atoms with Crippen LogP contribution in [-0.4, -0.2) is 10.9 Å². The average Bonchev–Trinajstić information content (AvgIpc) is 2.76. The first-order chi connectivity index (χ1) is 10.0. The summed E-state index contributed by atoms with van der Waals surface area (Å²) in [6, 6.07) is 5.37. The molecular formula is C19H22O2. The van der Waals surface area contributed by atoms with Crippen LogP contribution in [0.2, 0.25) is 0 Å². The molecule has 0 radical (unpaired) electrons. The largest absolute Gasteiger partial charge is 0.508 e. The maximum Gasteiger partial charge on any atom is 0.163 e. The number of ketones is 1. The molecule has 2 nitrogen and oxygen atoms in total. The average molecular weight is 282 g/mol. The first-order valence-electron chi connectivity index (χ1n) is 8.05. The smallest absolute Gasteiger partial charge is 0.163 e. The summed E-state index contributed by atoms with van der Waals surface area (Å²) in [5, 5.41) is 9.66. The van der Waals surface area contributed by atoms with Gasteiger partial charge in [-0.25, -0.2) is 0 Å². The third kappa shape index (κ3) is 1.68. The summed E-state index contributed by atoms with van der Waals surface area (Å²) in [4.78, 5) is 12.5. The fourth-order valence-corrected chi connectivity index (χ4v) is 5.30. The zero-order valence-electron chi connectivity index (χ0n) is 12.6. The van der Waals surface area contributed by atoms with Crippen molar-refractivity contribution in [2.24, 2.45) is 17.3 Å². The number of phenols is 1. The van der Waals surface area contributed by atoms with Crippen LogP contribution < -0.4 is 0 Å². The number of allylic oxidation sites excluding steroid dienone is 1. The van der Waals surface area contributed by atoms with E-state index < -0.39 is 0 Å². The lowest BCUT2D eigenvalue weighted by Gasteiger charge is -2.49. The molecule has 3 aliphatic carbocycles. The predicted octanol–water partition coefficient (Wildman–Crippen LogP) is 4.44. The Kier molecular flexibility index (Phi) is 2.64. The van der Waals surface area contributed by atoms with Crippen LogP contribution in [0.4, 0.5) is 0 Å². The van der Waals surface area contributed by atoms with E-state index >= 15 is 0 Å². The van der Waals surface area contributed by atoms with Gasteiger partial charge in [0, 0.05) is 12.0 Å². The monoisotopic (exact) mass is 282 g/mol. The van der Waals surface area contributed by atoms with Gasteiger partial charge in [-0.1, -0.05) is 25.1 Å². The van der Waals surface area contributed by atoms with Gasteiger partial charge >= 0.3 is 0 Å². The Balaban J connectivity index is 1.78. The second-order valence-corrected chi connectivity index (χ2v) is 7.37. The van der Waals surface area contributed by atoms with Gasteiger partial charge in [0.05, 0.1) is 0 Å². The van der Waals surface area contributed by atoms with Crippen molar-refractivity contribution in [1.29, 1.82) is 0 Å². The first kappa shape index (κ1) is 13.1. The molecule has 0 unspecified atom stereocenters. The molecule has 2 fully saturated rings. The predicted molar refractivity (Wildman–Crippen MR) is 82.5 cm³/mol. The fraction of sp³-hybridized carbons (Fsp3) is 0.526. The van der Waals surface area contributed by atoms with Gasteiger partial charge in [0.1, 0.15) is 5.75 Å². The number of fused-ring (bicyclic) bond motifs is 5. The van der Waals surface area contributed by atoms with Gasteiger partial charge < -0.3 is 5.11 Å². The van der Waals surface area contributed by atoms with Gasteiger partial charge in [0.15, 0.2) is 5.78 Å². The molecule has 0 saturated heterocycles. The quantitative estimate of drug-likeness (QED) is 0.714. The summed E-state index contributed by atoms with van der Waals surface area (Å²) in [7, 11) is 0. The summed E-state index contributed by atoms with van der Waals surface area (Å²) in [6.45, 7) is 6.67. The standard InChI is InChI=1S/C19H22O2/c1-11-3-6-17-15-10-18(21)16-9-12(20)4-5-13(16)14(15)7-8-19(11,17)2/h4-5,9,14-15,17,20H,1,3,6-8,10H2,2H3/t14-,15-,17+,19-/m1/s1. The molecule has 0 heterocycles. The molecule has 2 saturated carbocycles. The lowest BCUT2D eigenvalue weighted by molar-refractivity contribution is 0.0654. The lowest BCUT2D eigenvalue weighted by atomic mass is 9.55. The molecule has 1 aromatic rings. The Labute approximate surface area is 125 Å². The van der Waals surface area contributed by atoms with Crippen LogP contribution in [0.3, 0.4) is 0 Å². The van der Waals surface area contributed by atoms with Crippen molar-refractivity contribution in [1.82, 2.24) is 0 Å². The highest BCUT2D eigenvalue weighted by atomic mass is 16.3. The van der Waals surface area contributed by atoms with E-state index in [0.717, 1.165) is 18.4 Å². The van der Waals surface area contributed by atoms with E-state index in [1.54, 1.807) is 12.1 Å². The molecule has 4 rings (SSSR count). The Morgan fingerprint density at radius 2 is 2.14 bits per heavy atom. The third-order valence-corrected chi connectivity index (χ3v) is 6.55. The number of carbonyl (C=O) groups is 1. The van der Waals surface area contributed by atoms with Gasteiger partial charge in [-0.05, 0) is 66.5 Å². The number of phenolic OH excluding ortho intramolecular Hbond substituents is 1. The highest BCUT2D eigenvalue weighted by molar-refractivity contribution is 5.99. The summed E-state index contributed by atoms with van der Waals surface area (Å²) < 4.78 is 0. The molecule has 0 spiro atoms. The van der Waals surface area contributed by atoms with Gasteiger partial charge in [0.25, 0.3) is 0 Å².